The number of rotatable bonds is 14. The van der Waals surface area contributed by atoms with Crippen molar-refractivity contribution < 1.29 is 34.2 Å². The largest absolute Gasteiger partial charge is 0.508 e. The van der Waals surface area contributed by atoms with Gasteiger partial charge < -0.3 is 42.6 Å². The van der Waals surface area contributed by atoms with Crippen molar-refractivity contribution in [3.05, 3.63) is 65.9 Å². The molecule has 0 aliphatic rings. The van der Waals surface area contributed by atoms with Crippen LogP contribution in [0.1, 0.15) is 17.5 Å². The zero-order chi connectivity index (χ0) is 30.1. The van der Waals surface area contributed by atoms with Gasteiger partial charge in [0.25, 0.3) is 0 Å². The standard InChI is InChI=1S/C27H32N6O7S/c28-18(11-23(29)35)24(36)31-20(10-15-12-30-19-4-2-1-3-17(15)19)25(37)33-22(13-41)26(38)32-21(27(39)40)9-14-5-7-16(34)8-6-14/h1-8,12,18,20-22,30,34,41H,9-11,13,28H2,(H2,29,35)(H,31,36)(H,32,38)(H,33,37)(H,39,40). The minimum atomic E-state index is -1.33. The predicted molar refractivity (Wildman–Crippen MR) is 153 cm³/mol. The van der Waals surface area contributed by atoms with Crippen molar-refractivity contribution in [2.24, 2.45) is 11.5 Å². The average molecular weight is 585 g/mol. The molecular formula is C27H32N6O7S. The lowest BCUT2D eigenvalue weighted by Gasteiger charge is -2.24. The molecule has 0 saturated heterocycles. The van der Waals surface area contributed by atoms with Crippen LogP contribution in [-0.2, 0) is 36.8 Å². The van der Waals surface area contributed by atoms with E-state index in [9.17, 15) is 34.2 Å². The number of hydrogen-bond donors (Lipinski definition) is 9. The Morgan fingerprint density at radius 2 is 1.46 bits per heavy atom. The highest BCUT2D eigenvalue weighted by atomic mass is 32.1. The number of carbonyl (C=O) groups is 5. The number of phenols is 1. The molecule has 1 aromatic heterocycles. The second-order valence-electron chi connectivity index (χ2n) is 9.42. The summed E-state index contributed by atoms with van der Waals surface area (Å²) in [7, 11) is 0. The van der Waals surface area contributed by atoms with E-state index in [1.54, 1.807) is 6.20 Å². The van der Waals surface area contributed by atoms with Crippen LogP contribution in [0, 0.1) is 0 Å². The molecule has 0 aliphatic carbocycles. The number of aromatic amines is 1. The quantitative estimate of drug-likeness (QED) is 0.110. The van der Waals surface area contributed by atoms with Gasteiger partial charge in [-0.15, -0.1) is 0 Å². The summed E-state index contributed by atoms with van der Waals surface area (Å²) in [5.41, 5.74) is 13.0. The fourth-order valence-electron chi connectivity index (χ4n) is 4.12. The number of benzene rings is 2. The maximum atomic E-state index is 13.4. The fourth-order valence-corrected chi connectivity index (χ4v) is 4.38. The first-order valence-corrected chi connectivity index (χ1v) is 13.2. The van der Waals surface area contributed by atoms with Crippen LogP contribution in [0.2, 0.25) is 0 Å². The van der Waals surface area contributed by atoms with Crippen molar-refractivity contribution in [1.29, 1.82) is 0 Å². The van der Waals surface area contributed by atoms with Crippen LogP contribution in [0.5, 0.6) is 5.75 Å². The molecule has 1 heterocycles. The Morgan fingerprint density at radius 1 is 0.854 bits per heavy atom. The van der Waals surface area contributed by atoms with Gasteiger partial charge in [0, 0.05) is 35.7 Å². The number of nitrogens with two attached hydrogens (primary N) is 2. The molecule has 13 nitrogen and oxygen atoms in total. The monoisotopic (exact) mass is 584 g/mol. The Kier molecular flexibility index (Phi) is 10.7. The molecule has 4 unspecified atom stereocenters. The van der Waals surface area contributed by atoms with Gasteiger partial charge in [-0.3, -0.25) is 19.2 Å². The van der Waals surface area contributed by atoms with Gasteiger partial charge in [0.2, 0.25) is 23.6 Å². The molecule has 0 saturated carbocycles. The molecule has 0 aliphatic heterocycles. The van der Waals surface area contributed by atoms with Gasteiger partial charge in [0.1, 0.15) is 23.9 Å². The molecule has 3 rings (SSSR count). The first-order valence-electron chi connectivity index (χ1n) is 12.6. The minimum absolute atomic E-state index is 0.00436. The Hall–Kier alpha value is -4.56. The minimum Gasteiger partial charge on any atom is -0.508 e. The summed E-state index contributed by atoms with van der Waals surface area (Å²) in [5, 5.41) is 27.3. The second kappa shape index (κ2) is 14.2. The molecule has 4 atom stereocenters. The fraction of sp³-hybridized carbons (Fsp3) is 0.296. The van der Waals surface area contributed by atoms with Crippen LogP contribution < -0.4 is 27.4 Å². The number of H-pyrrole nitrogens is 1. The number of phenolic OH excluding ortho intramolecular Hbond substituents is 1. The smallest absolute Gasteiger partial charge is 0.326 e. The maximum Gasteiger partial charge on any atom is 0.326 e. The van der Waals surface area contributed by atoms with Crippen molar-refractivity contribution in [3.8, 4) is 5.75 Å². The molecule has 0 radical (unpaired) electrons. The van der Waals surface area contributed by atoms with Crippen LogP contribution >= 0.6 is 12.6 Å². The third-order valence-electron chi connectivity index (χ3n) is 6.30. The summed E-state index contributed by atoms with van der Waals surface area (Å²) in [4.78, 5) is 65.2. The van der Waals surface area contributed by atoms with E-state index in [1.807, 2.05) is 24.3 Å². The number of carbonyl (C=O) groups excluding carboxylic acids is 4. The molecule has 41 heavy (non-hydrogen) atoms. The van der Waals surface area contributed by atoms with Gasteiger partial charge in [-0.1, -0.05) is 30.3 Å². The number of hydrogen-bond acceptors (Lipinski definition) is 8. The number of nitrogens with one attached hydrogen (secondary N) is 4. The summed E-state index contributed by atoms with van der Waals surface area (Å²) in [6, 6.07) is 8.05. The van der Waals surface area contributed by atoms with Crippen LogP contribution in [0.3, 0.4) is 0 Å². The number of primary amides is 1. The van der Waals surface area contributed by atoms with Crippen molar-refractivity contribution in [3.63, 3.8) is 0 Å². The summed E-state index contributed by atoms with van der Waals surface area (Å²) < 4.78 is 0. The molecule has 218 valence electrons. The molecule has 0 spiro atoms. The number of fused-ring (bicyclic) bond motifs is 1. The van der Waals surface area contributed by atoms with Gasteiger partial charge in [-0.25, -0.2) is 4.79 Å². The topological polar surface area (TPSA) is 230 Å². The van der Waals surface area contributed by atoms with E-state index in [0.29, 0.717) is 11.1 Å². The molecule has 0 fully saturated rings. The van der Waals surface area contributed by atoms with Crippen LogP contribution in [0.25, 0.3) is 10.9 Å². The summed E-state index contributed by atoms with van der Waals surface area (Å²) in [6.07, 6.45) is 1.17. The van der Waals surface area contributed by atoms with Gasteiger partial charge in [0.05, 0.1) is 12.5 Å². The molecule has 14 heteroatoms. The highest BCUT2D eigenvalue weighted by Crippen LogP contribution is 2.19. The Morgan fingerprint density at radius 3 is 2.10 bits per heavy atom. The summed E-state index contributed by atoms with van der Waals surface area (Å²) >= 11 is 4.15. The highest BCUT2D eigenvalue weighted by molar-refractivity contribution is 7.80. The lowest BCUT2D eigenvalue weighted by Crippen LogP contribution is -2.58. The molecule has 2 aromatic carbocycles. The van der Waals surface area contributed by atoms with Crippen LogP contribution in [0.15, 0.2) is 54.7 Å². The average Bonchev–Trinajstić information content (AvgIpc) is 3.34. The Labute approximate surface area is 240 Å². The highest BCUT2D eigenvalue weighted by Gasteiger charge is 2.30. The number of para-hydroxylation sites is 1. The number of carboxylic acid groups (broad SMARTS) is 1. The predicted octanol–water partition coefficient (Wildman–Crippen LogP) is -0.670. The van der Waals surface area contributed by atoms with Crippen LogP contribution in [0.4, 0.5) is 0 Å². The third kappa shape index (κ3) is 8.71. The van der Waals surface area contributed by atoms with Crippen LogP contribution in [-0.4, -0.2) is 74.7 Å². The van der Waals surface area contributed by atoms with Crippen molar-refractivity contribution in [2.75, 3.05) is 5.75 Å². The van der Waals surface area contributed by atoms with Crippen molar-refractivity contribution in [2.45, 2.75) is 43.4 Å². The number of carboxylic acids is 1. The zero-order valence-corrected chi connectivity index (χ0v) is 22.8. The van der Waals surface area contributed by atoms with E-state index in [4.69, 9.17) is 11.5 Å². The second-order valence-corrected chi connectivity index (χ2v) is 9.78. The Balaban J connectivity index is 1.76. The van der Waals surface area contributed by atoms with E-state index in [0.717, 1.165) is 10.9 Å². The van der Waals surface area contributed by atoms with E-state index in [2.05, 4.69) is 33.6 Å². The van der Waals surface area contributed by atoms with Crippen molar-refractivity contribution >= 4 is 53.1 Å². The normalized spacial score (nSPS) is 13.9. The number of amides is 4. The van der Waals surface area contributed by atoms with Gasteiger partial charge in [-0.05, 0) is 29.3 Å². The van der Waals surface area contributed by atoms with E-state index in [-0.39, 0.29) is 24.3 Å². The lowest BCUT2D eigenvalue weighted by atomic mass is 10.0. The van der Waals surface area contributed by atoms with Gasteiger partial charge >= 0.3 is 5.97 Å². The van der Waals surface area contributed by atoms with Crippen molar-refractivity contribution in [1.82, 2.24) is 20.9 Å². The Bertz CT molecular complexity index is 1410. The molecule has 4 amide bonds. The molecule has 0 bridgehead atoms. The van der Waals surface area contributed by atoms with E-state index in [1.165, 1.54) is 24.3 Å². The first kappa shape index (κ1) is 31.0. The first-order chi connectivity index (χ1) is 19.5. The van der Waals surface area contributed by atoms with E-state index < -0.39 is 60.2 Å². The number of aliphatic carboxylic acids is 1. The van der Waals surface area contributed by atoms with Gasteiger partial charge in [-0.2, -0.15) is 12.6 Å². The van der Waals surface area contributed by atoms with E-state index >= 15 is 0 Å². The number of thiol groups is 1. The molecule has 10 N–H and O–H groups in total. The zero-order valence-electron chi connectivity index (χ0n) is 21.9. The number of aromatic hydroxyl groups is 1. The maximum absolute atomic E-state index is 13.4. The summed E-state index contributed by atoms with van der Waals surface area (Å²) in [5.74, 6) is -4.63. The SMILES string of the molecule is NC(=O)CC(N)C(=O)NC(Cc1c[nH]c2ccccc12)C(=O)NC(CS)C(=O)NC(Cc1ccc(O)cc1)C(=O)O. The summed E-state index contributed by atoms with van der Waals surface area (Å²) in [6.45, 7) is 0. The number of aromatic nitrogens is 1. The van der Waals surface area contributed by atoms with Gasteiger partial charge in [0.15, 0.2) is 0 Å². The molecule has 3 aromatic rings. The lowest BCUT2D eigenvalue weighted by molar-refractivity contribution is -0.142. The molecular weight excluding hydrogens is 552 g/mol. The third-order valence-corrected chi connectivity index (χ3v) is 6.66.